The molecule has 0 fully saturated rings. The van der Waals surface area contributed by atoms with Gasteiger partial charge in [0.05, 0.1) is 6.07 Å². The maximum absolute atomic E-state index is 12.5. The van der Waals surface area contributed by atoms with Gasteiger partial charge in [-0.1, -0.05) is 69.6 Å². The summed E-state index contributed by atoms with van der Waals surface area (Å²) in [5.41, 5.74) is 2.02. The van der Waals surface area contributed by atoms with Crippen LogP contribution in [0.25, 0.3) is 10.8 Å². The lowest BCUT2D eigenvalue weighted by Gasteiger charge is -2.13. The molecule has 0 bridgehead atoms. The Bertz CT molecular complexity index is 804. The van der Waals surface area contributed by atoms with Crippen LogP contribution in [0.15, 0.2) is 36.4 Å². The Balaban J connectivity index is 1.61. The molecular weight excluding hydrogens is 356 g/mol. The predicted octanol–water partition coefficient (Wildman–Crippen LogP) is 7.29. The van der Waals surface area contributed by atoms with E-state index in [1.807, 2.05) is 26.2 Å². The van der Waals surface area contributed by atoms with Crippen LogP contribution in [0.1, 0.15) is 87.4 Å². The summed E-state index contributed by atoms with van der Waals surface area (Å²) in [6.45, 7) is 0. The van der Waals surface area contributed by atoms with E-state index < -0.39 is 0 Å². The molecule has 0 aliphatic carbocycles. The van der Waals surface area contributed by atoms with Crippen molar-refractivity contribution < 1.29 is 4.79 Å². The third-order valence-corrected chi connectivity index (χ3v) is 5.60. The molecule has 29 heavy (non-hydrogen) atoms. The SMILES string of the molecule is CN(C)c1ccc2cc(C(=O)CCCCCCCCCCCCC#N)ccc2c1. The van der Waals surface area contributed by atoms with E-state index in [4.69, 9.17) is 5.26 Å². The van der Waals surface area contributed by atoms with Gasteiger partial charge in [-0.05, 0) is 41.8 Å². The van der Waals surface area contributed by atoms with Crippen molar-refractivity contribution in [2.75, 3.05) is 19.0 Å². The number of carbonyl (C=O) groups is 1. The van der Waals surface area contributed by atoms with Crippen LogP contribution in [0.2, 0.25) is 0 Å². The molecule has 2 aromatic rings. The first-order chi connectivity index (χ1) is 14.1. The number of Topliss-reactive ketones (excluding diaryl/α,β-unsaturated/α-hetero) is 1. The van der Waals surface area contributed by atoms with Crippen LogP contribution < -0.4 is 4.90 Å². The van der Waals surface area contributed by atoms with Crippen LogP contribution in [-0.2, 0) is 0 Å². The number of unbranched alkanes of at least 4 members (excludes halogenated alkanes) is 10. The van der Waals surface area contributed by atoms with Gasteiger partial charge < -0.3 is 4.90 Å². The van der Waals surface area contributed by atoms with Crippen molar-refractivity contribution in [3.8, 4) is 6.07 Å². The third-order valence-electron chi connectivity index (χ3n) is 5.60. The van der Waals surface area contributed by atoms with Crippen molar-refractivity contribution in [3.05, 3.63) is 42.0 Å². The van der Waals surface area contributed by atoms with Crippen molar-refractivity contribution in [2.45, 2.75) is 77.0 Å². The largest absolute Gasteiger partial charge is 0.378 e. The minimum absolute atomic E-state index is 0.265. The Hall–Kier alpha value is -2.34. The molecule has 0 unspecified atom stereocenters. The Morgan fingerprint density at radius 1 is 0.793 bits per heavy atom. The number of carbonyl (C=O) groups excluding carboxylic acids is 1. The highest BCUT2D eigenvalue weighted by molar-refractivity contribution is 6.00. The molecule has 2 rings (SSSR count). The molecule has 3 nitrogen and oxygen atoms in total. The fourth-order valence-electron chi connectivity index (χ4n) is 3.73. The molecule has 0 radical (unpaired) electrons. The number of ketones is 1. The topological polar surface area (TPSA) is 44.1 Å². The predicted molar refractivity (Wildman–Crippen MR) is 124 cm³/mol. The molecule has 0 heterocycles. The van der Waals surface area contributed by atoms with E-state index in [0.717, 1.165) is 30.2 Å². The minimum atomic E-state index is 0.265. The number of hydrogen-bond acceptors (Lipinski definition) is 3. The molecular formula is C26H36N2O. The smallest absolute Gasteiger partial charge is 0.162 e. The first-order valence-corrected chi connectivity index (χ1v) is 11.2. The zero-order chi connectivity index (χ0) is 20.9. The van der Waals surface area contributed by atoms with E-state index in [1.54, 1.807) is 0 Å². The lowest BCUT2D eigenvalue weighted by molar-refractivity contribution is 0.0979. The maximum atomic E-state index is 12.5. The normalized spacial score (nSPS) is 10.8. The van der Waals surface area contributed by atoms with E-state index in [-0.39, 0.29) is 5.78 Å². The van der Waals surface area contributed by atoms with Crippen molar-refractivity contribution >= 4 is 22.2 Å². The molecule has 3 heteroatoms. The highest BCUT2D eigenvalue weighted by Gasteiger charge is 2.07. The Kier molecular flexibility index (Phi) is 10.3. The summed E-state index contributed by atoms with van der Waals surface area (Å²) in [5, 5.41) is 10.8. The summed E-state index contributed by atoms with van der Waals surface area (Å²) < 4.78 is 0. The first kappa shape index (κ1) is 22.9. The molecule has 156 valence electrons. The molecule has 0 saturated heterocycles. The van der Waals surface area contributed by atoms with Crippen molar-refractivity contribution in [1.82, 2.24) is 0 Å². The Labute approximate surface area is 176 Å². The Morgan fingerprint density at radius 2 is 1.34 bits per heavy atom. The average Bonchev–Trinajstić information content (AvgIpc) is 2.73. The van der Waals surface area contributed by atoms with Crippen LogP contribution >= 0.6 is 0 Å². The van der Waals surface area contributed by atoms with Crippen LogP contribution in [0.4, 0.5) is 5.69 Å². The summed E-state index contributed by atoms with van der Waals surface area (Å²) in [6, 6.07) is 14.6. The van der Waals surface area contributed by atoms with E-state index >= 15 is 0 Å². The average molecular weight is 393 g/mol. The molecule has 2 aromatic carbocycles. The number of anilines is 1. The maximum Gasteiger partial charge on any atom is 0.162 e. The lowest BCUT2D eigenvalue weighted by atomic mass is 10.00. The number of nitriles is 1. The quantitative estimate of drug-likeness (QED) is 0.250. The highest BCUT2D eigenvalue weighted by atomic mass is 16.1. The molecule has 0 spiro atoms. The Morgan fingerprint density at radius 3 is 1.97 bits per heavy atom. The molecule has 0 N–H and O–H groups in total. The van der Waals surface area contributed by atoms with Gasteiger partial charge in [-0.15, -0.1) is 0 Å². The van der Waals surface area contributed by atoms with Crippen LogP contribution in [0, 0.1) is 11.3 Å². The second kappa shape index (κ2) is 13.0. The second-order valence-corrected chi connectivity index (χ2v) is 8.26. The summed E-state index contributed by atoms with van der Waals surface area (Å²) >= 11 is 0. The summed E-state index contributed by atoms with van der Waals surface area (Å²) in [6.07, 6.45) is 13.4. The van der Waals surface area contributed by atoms with E-state index in [9.17, 15) is 4.79 Å². The number of rotatable bonds is 14. The monoisotopic (exact) mass is 392 g/mol. The van der Waals surface area contributed by atoms with Gasteiger partial charge in [0.15, 0.2) is 5.78 Å². The van der Waals surface area contributed by atoms with Gasteiger partial charge in [-0.2, -0.15) is 5.26 Å². The second-order valence-electron chi connectivity index (χ2n) is 8.26. The number of fused-ring (bicyclic) bond motifs is 1. The summed E-state index contributed by atoms with van der Waals surface area (Å²) in [7, 11) is 4.08. The van der Waals surface area contributed by atoms with Gasteiger partial charge in [0.25, 0.3) is 0 Å². The summed E-state index contributed by atoms with van der Waals surface area (Å²) in [4.78, 5) is 14.6. The van der Waals surface area contributed by atoms with Crippen molar-refractivity contribution in [3.63, 3.8) is 0 Å². The standard InChI is InChI=1S/C26H36N2O/c1-28(2)25-18-17-22-20-24(16-15-23(22)21-25)26(29)14-12-10-8-6-4-3-5-7-9-11-13-19-27/h15-18,20-21H,3-14H2,1-2H3. The number of hydrogen-bond donors (Lipinski definition) is 0. The number of nitrogens with zero attached hydrogens (tertiary/aromatic N) is 2. The fraction of sp³-hybridized carbons (Fsp3) is 0.538. The van der Waals surface area contributed by atoms with Crippen LogP contribution in [0.5, 0.6) is 0 Å². The van der Waals surface area contributed by atoms with Gasteiger partial charge in [-0.25, -0.2) is 0 Å². The molecule has 0 aromatic heterocycles. The summed E-state index contributed by atoms with van der Waals surface area (Å²) in [5.74, 6) is 0.265. The molecule has 0 saturated carbocycles. The molecule has 0 aliphatic heterocycles. The van der Waals surface area contributed by atoms with E-state index in [1.165, 1.54) is 56.0 Å². The van der Waals surface area contributed by atoms with Crippen LogP contribution in [0.3, 0.4) is 0 Å². The van der Waals surface area contributed by atoms with Crippen LogP contribution in [-0.4, -0.2) is 19.9 Å². The van der Waals surface area contributed by atoms with Gasteiger partial charge in [0.1, 0.15) is 0 Å². The van der Waals surface area contributed by atoms with Gasteiger partial charge in [-0.3, -0.25) is 4.79 Å². The highest BCUT2D eigenvalue weighted by Crippen LogP contribution is 2.23. The van der Waals surface area contributed by atoms with Gasteiger partial charge in [0, 0.05) is 38.2 Å². The van der Waals surface area contributed by atoms with Gasteiger partial charge in [0.2, 0.25) is 0 Å². The lowest BCUT2D eigenvalue weighted by Crippen LogP contribution is -2.08. The third kappa shape index (κ3) is 8.28. The zero-order valence-electron chi connectivity index (χ0n) is 18.3. The fourth-order valence-corrected chi connectivity index (χ4v) is 3.73. The first-order valence-electron chi connectivity index (χ1n) is 11.2. The van der Waals surface area contributed by atoms with Crippen molar-refractivity contribution in [2.24, 2.45) is 0 Å². The van der Waals surface area contributed by atoms with Crippen molar-refractivity contribution in [1.29, 1.82) is 5.26 Å². The van der Waals surface area contributed by atoms with E-state index in [0.29, 0.717) is 12.8 Å². The number of benzene rings is 2. The molecule has 0 atom stereocenters. The molecule has 0 amide bonds. The van der Waals surface area contributed by atoms with Gasteiger partial charge >= 0.3 is 0 Å². The minimum Gasteiger partial charge on any atom is -0.378 e. The molecule has 0 aliphatic rings. The van der Waals surface area contributed by atoms with E-state index in [2.05, 4.69) is 35.2 Å². The zero-order valence-corrected chi connectivity index (χ0v) is 18.3.